The van der Waals surface area contributed by atoms with Crippen molar-refractivity contribution in [1.29, 1.82) is 0 Å². The molecule has 1 N–H and O–H groups in total. The maximum atomic E-state index is 12.9. The van der Waals surface area contributed by atoms with E-state index in [4.69, 9.17) is 4.74 Å². The molecule has 9 nitrogen and oxygen atoms in total. The molecule has 10 heteroatoms. The van der Waals surface area contributed by atoms with Gasteiger partial charge in [0.15, 0.2) is 4.80 Å². The van der Waals surface area contributed by atoms with E-state index in [2.05, 4.69) is 9.98 Å². The predicted octanol–water partition coefficient (Wildman–Crippen LogP) is 3.40. The molecule has 0 fully saturated rings. The number of hydrogen-bond donors (Lipinski definition) is 1. The van der Waals surface area contributed by atoms with Gasteiger partial charge in [0.25, 0.3) is 11.6 Å². The minimum atomic E-state index is -0.497. The standard InChI is InChI=1S/C20H16N4O5S/c1-2-29-18(25)11-23-16-8-7-12(24(27)28)9-17(16)30-20(23)22-19(26)14-10-21-15-6-4-3-5-13(14)15/h3-10,21H,2,11H2,1H3. The van der Waals surface area contributed by atoms with E-state index in [-0.39, 0.29) is 23.6 Å². The molecular weight excluding hydrogens is 408 g/mol. The van der Waals surface area contributed by atoms with Crippen molar-refractivity contribution >= 4 is 50.0 Å². The zero-order valence-electron chi connectivity index (χ0n) is 15.8. The maximum Gasteiger partial charge on any atom is 0.326 e. The van der Waals surface area contributed by atoms with Gasteiger partial charge in [-0.25, -0.2) is 0 Å². The lowest BCUT2D eigenvalue weighted by molar-refractivity contribution is -0.384. The molecule has 0 unspecified atom stereocenters. The van der Waals surface area contributed by atoms with Crippen molar-refractivity contribution < 1.29 is 19.2 Å². The largest absolute Gasteiger partial charge is 0.465 e. The number of fused-ring (bicyclic) bond motifs is 2. The second-order valence-corrected chi connectivity index (χ2v) is 7.36. The van der Waals surface area contributed by atoms with Crippen molar-refractivity contribution in [3.63, 3.8) is 0 Å². The Bertz CT molecular complexity index is 1360. The number of nitrogens with zero attached hydrogens (tertiary/aromatic N) is 3. The number of rotatable bonds is 5. The molecule has 0 aliphatic rings. The summed E-state index contributed by atoms with van der Waals surface area (Å²) in [6.07, 6.45) is 1.59. The fourth-order valence-corrected chi connectivity index (χ4v) is 4.21. The number of nitro benzene ring substituents is 1. The molecule has 2 aromatic carbocycles. The number of carbonyl (C=O) groups is 2. The molecule has 30 heavy (non-hydrogen) atoms. The number of para-hydroxylation sites is 1. The van der Waals surface area contributed by atoms with Crippen LogP contribution in [0, 0.1) is 10.1 Å². The van der Waals surface area contributed by atoms with Crippen molar-refractivity contribution in [3.05, 3.63) is 69.1 Å². The third kappa shape index (κ3) is 3.60. The minimum absolute atomic E-state index is 0.0819. The van der Waals surface area contributed by atoms with Crippen LogP contribution in [0.5, 0.6) is 0 Å². The van der Waals surface area contributed by atoms with Gasteiger partial charge in [0, 0.05) is 29.2 Å². The number of nitrogens with one attached hydrogen (secondary N) is 1. The number of thiazole rings is 1. The maximum absolute atomic E-state index is 12.9. The second kappa shape index (κ2) is 7.91. The van der Waals surface area contributed by atoms with E-state index >= 15 is 0 Å². The topological polar surface area (TPSA) is 120 Å². The van der Waals surface area contributed by atoms with Gasteiger partial charge in [0.05, 0.1) is 27.3 Å². The van der Waals surface area contributed by atoms with Crippen LogP contribution in [0.25, 0.3) is 21.1 Å². The average molecular weight is 424 g/mol. The van der Waals surface area contributed by atoms with Gasteiger partial charge in [0.2, 0.25) is 0 Å². The van der Waals surface area contributed by atoms with E-state index in [0.717, 1.165) is 22.2 Å². The summed E-state index contributed by atoms with van der Waals surface area (Å²) in [5.74, 6) is -0.970. The van der Waals surface area contributed by atoms with Crippen molar-refractivity contribution in [3.8, 4) is 0 Å². The third-order valence-corrected chi connectivity index (χ3v) is 5.53. The Morgan fingerprint density at radius 1 is 1.27 bits per heavy atom. The Hall–Kier alpha value is -3.79. The summed E-state index contributed by atoms with van der Waals surface area (Å²) >= 11 is 1.10. The molecule has 4 aromatic rings. The summed E-state index contributed by atoms with van der Waals surface area (Å²) in [5.41, 5.74) is 1.69. The quantitative estimate of drug-likeness (QED) is 0.299. The Labute approximate surface area is 173 Å². The SMILES string of the molecule is CCOC(=O)Cn1c(=NC(=O)c2c[nH]c3ccccc23)sc2cc([N+](=O)[O-])ccc21. The normalized spacial score (nSPS) is 11.8. The number of aromatic amines is 1. The fourth-order valence-electron chi connectivity index (χ4n) is 3.14. The number of amides is 1. The lowest BCUT2D eigenvalue weighted by atomic mass is 10.2. The molecular formula is C20H16N4O5S. The van der Waals surface area contributed by atoms with E-state index in [1.54, 1.807) is 19.2 Å². The number of nitro groups is 1. The molecule has 0 radical (unpaired) electrons. The van der Waals surface area contributed by atoms with Crippen molar-refractivity contribution in [1.82, 2.24) is 9.55 Å². The van der Waals surface area contributed by atoms with Crippen LogP contribution in [0.3, 0.4) is 0 Å². The van der Waals surface area contributed by atoms with Gasteiger partial charge >= 0.3 is 5.97 Å². The zero-order valence-corrected chi connectivity index (χ0v) is 16.6. The van der Waals surface area contributed by atoms with Gasteiger partial charge in [-0.3, -0.25) is 19.7 Å². The van der Waals surface area contributed by atoms with Crippen LogP contribution in [-0.2, 0) is 16.1 Å². The van der Waals surface area contributed by atoms with Crippen molar-refractivity contribution in [2.75, 3.05) is 6.61 Å². The number of H-pyrrole nitrogens is 1. The molecule has 0 atom stereocenters. The first kappa shape index (κ1) is 19.5. The first-order valence-electron chi connectivity index (χ1n) is 9.06. The molecule has 1 amide bonds. The molecule has 152 valence electrons. The average Bonchev–Trinajstić information content (AvgIpc) is 3.29. The molecule has 0 bridgehead atoms. The van der Waals surface area contributed by atoms with Crippen LogP contribution >= 0.6 is 11.3 Å². The van der Waals surface area contributed by atoms with Crippen molar-refractivity contribution in [2.45, 2.75) is 13.5 Å². The van der Waals surface area contributed by atoms with E-state index < -0.39 is 16.8 Å². The van der Waals surface area contributed by atoms with Crippen LogP contribution < -0.4 is 4.80 Å². The summed E-state index contributed by atoms with van der Waals surface area (Å²) in [5, 5.41) is 11.8. The highest BCUT2D eigenvalue weighted by molar-refractivity contribution is 7.16. The Balaban J connectivity index is 1.86. The van der Waals surface area contributed by atoms with Gasteiger partial charge in [-0.15, -0.1) is 0 Å². The summed E-state index contributed by atoms with van der Waals surface area (Å²) < 4.78 is 7.10. The number of hydrogen-bond acceptors (Lipinski definition) is 6. The first-order valence-corrected chi connectivity index (χ1v) is 9.88. The van der Waals surface area contributed by atoms with Crippen molar-refractivity contribution in [2.24, 2.45) is 4.99 Å². The highest BCUT2D eigenvalue weighted by Crippen LogP contribution is 2.24. The van der Waals surface area contributed by atoms with E-state index in [9.17, 15) is 19.7 Å². The minimum Gasteiger partial charge on any atom is -0.465 e. The molecule has 2 heterocycles. The van der Waals surface area contributed by atoms with E-state index in [1.807, 2.05) is 24.3 Å². The molecule has 0 aliphatic heterocycles. The van der Waals surface area contributed by atoms with E-state index in [0.29, 0.717) is 15.8 Å². The van der Waals surface area contributed by atoms with Crippen LogP contribution in [0.2, 0.25) is 0 Å². The van der Waals surface area contributed by atoms with Crippen LogP contribution in [0.1, 0.15) is 17.3 Å². The Kier molecular flexibility index (Phi) is 5.15. The van der Waals surface area contributed by atoms with Gasteiger partial charge in [-0.05, 0) is 19.1 Å². The predicted molar refractivity (Wildman–Crippen MR) is 111 cm³/mol. The first-order chi connectivity index (χ1) is 14.5. The van der Waals surface area contributed by atoms with Crippen LogP contribution in [-0.4, -0.2) is 33.0 Å². The highest BCUT2D eigenvalue weighted by atomic mass is 32.1. The zero-order chi connectivity index (χ0) is 21.3. The number of benzene rings is 2. The Morgan fingerprint density at radius 3 is 2.83 bits per heavy atom. The Morgan fingerprint density at radius 2 is 2.07 bits per heavy atom. The smallest absolute Gasteiger partial charge is 0.326 e. The lowest BCUT2D eigenvalue weighted by Crippen LogP contribution is -2.23. The van der Waals surface area contributed by atoms with Gasteiger partial charge < -0.3 is 14.3 Å². The third-order valence-electron chi connectivity index (χ3n) is 4.49. The molecule has 0 spiro atoms. The molecule has 2 aromatic heterocycles. The van der Waals surface area contributed by atoms with Crippen LogP contribution in [0.4, 0.5) is 5.69 Å². The summed E-state index contributed by atoms with van der Waals surface area (Å²) in [4.78, 5) is 43.1. The molecule has 0 saturated heterocycles. The summed E-state index contributed by atoms with van der Waals surface area (Å²) in [6, 6.07) is 11.6. The number of aromatic nitrogens is 2. The van der Waals surface area contributed by atoms with Crippen LogP contribution in [0.15, 0.2) is 53.7 Å². The number of esters is 1. The van der Waals surface area contributed by atoms with Gasteiger partial charge in [-0.1, -0.05) is 29.5 Å². The summed E-state index contributed by atoms with van der Waals surface area (Å²) in [6.45, 7) is 1.75. The number of carbonyl (C=O) groups excluding carboxylic acids is 2. The monoisotopic (exact) mass is 424 g/mol. The lowest BCUT2D eigenvalue weighted by Gasteiger charge is -2.05. The van der Waals surface area contributed by atoms with E-state index in [1.165, 1.54) is 16.7 Å². The van der Waals surface area contributed by atoms with Gasteiger partial charge in [0.1, 0.15) is 6.54 Å². The molecule has 4 rings (SSSR count). The number of ether oxygens (including phenoxy) is 1. The fraction of sp³-hybridized carbons (Fsp3) is 0.150. The second-order valence-electron chi connectivity index (χ2n) is 6.35. The number of non-ortho nitro benzene ring substituents is 1. The highest BCUT2D eigenvalue weighted by Gasteiger charge is 2.17. The summed E-state index contributed by atoms with van der Waals surface area (Å²) in [7, 11) is 0. The molecule has 0 saturated carbocycles. The van der Waals surface area contributed by atoms with Gasteiger partial charge in [-0.2, -0.15) is 4.99 Å². The molecule has 0 aliphatic carbocycles.